The fourth-order valence-electron chi connectivity index (χ4n) is 26.7. The molecule has 8 aliphatic carbocycles. The van der Waals surface area contributed by atoms with E-state index in [4.69, 9.17) is 0 Å². The van der Waals surface area contributed by atoms with E-state index < -0.39 is 30.7 Å². The summed E-state index contributed by atoms with van der Waals surface area (Å²) in [5.74, 6) is 6.67. The Morgan fingerprint density at radius 2 is 0.419 bits per heavy atom. The quantitative estimate of drug-likeness (QED) is 0.0387. The number of nitrogens with one attached hydrogen (secondary N) is 16. The van der Waals surface area contributed by atoms with Crippen molar-refractivity contribution in [1.29, 1.82) is 0 Å². The zero-order chi connectivity index (χ0) is 71.4. The van der Waals surface area contributed by atoms with Gasteiger partial charge in [0.25, 0.3) is 0 Å². The van der Waals surface area contributed by atoms with Crippen LogP contribution < -0.4 is 85.1 Å². The second kappa shape index (κ2) is 35.0. The predicted octanol–water partition coefficient (Wildman–Crippen LogP) is 6.87. The van der Waals surface area contributed by atoms with E-state index in [0.717, 1.165) is 30.2 Å². The Kier molecular flexibility index (Phi) is 26.6. The zero-order valence-electron chi connectivity index (χ0n) is 64.6. The third-order valence-corrected chi connectivity index (χ3v) is 34.2. The van der Waals surface area contributed by atoms with Crippen LogP contribution in [0, 0.1) is 94.7 Å². The van der Waals surface area contributed by atoms with E-state index >= 15 is 0 Å². The van der Waals surface area contributed by atoms with E-state index in [1.54, 1.807) is 0 Å². The van der Waals surface area contributed by atoms with Crippen LogP contribution in [-0.2, 0) is 37.3 Å². The maximum atomic E-state index is 12.7. The summed E-state index contributed by atoms with van der Waals surface area (Å²) in [6.07, 6.45) is 51.4. The van der Waals surface area contributed by atoms with Gasteiger partial charge in [0.2, 0.25) is 0 Å². The molecule has 16 bridgehead atoms. The Morgan fingerprint density at radius 3 is 0.610 bits per heavy atom. The van der Waals surface area contributed by atoms with Crippen LogP contribution in [-0.4, -0.2) is 167 Å². The number of quaternary nitrogens is 1. The van der Waals surface area contributed by atoms with Crippen molar-refractivity contribution in [3.8, 4) is 0 Å². The molecule has 0 aromatic rings. The molecule has 34 unspecified atom stereocenters. The monoisotopic (exact) mass is 1550 g/mol. The molecule has 105 heavy (non-hydrogen) atoms. The van der Waals surface area contributed by atoms with Crippen LogP contribution in [0.5, 0.6) is 0 Å². The van der Waals surface area contributed by atoms with Crippen LogP contribution in [0.25, 0.3) is 0 Å². The van der Waals surface area contributed by atoms with Gasteiger partial charge in [-0.1, -0.05) is 148 Å². The topological polar surface area (TPSA) is 307 Å². The van der Waals surface area contributed by atoms with Crippen molar-refractivity contribution in [3.63, 3.8) is 0 Å². The summed E-state index contributed by atoms with van der Waals surface area (Å²) in [4.78, 5) is 0. The minimum atomic E-state index is -4.41. The third kappa shape index (κ3) is 17.6. The van der Waals surface area contributed by atoms with Gasteiger partial charge in [-0.15, -0.1) is 0 Å². The van der Waals surface area contributed by atoms with Crippen molar-refractivity contribution in [2.45, 2.75) is 373 Å². The van der Waals surface area contributed by atoms with Gasteiger partial charge in [0, 0.05) is 11.8 Å². The molecule has 8 saturated carbocycles. The molecule has 10 aliphatic heterocycles. The standard InChI is InChI=1S/2C32H56N8O3S.C15H34N.Cu/c2*41-44(42,43)23-15-7-14-22-24(23)32-39-30-21-13-6-5-12-20(21)28(37-30)35-26-17-9-2-1-8-16(17)25(33-26)34-27-18-10-3-4-11-19(18)29(36-27)38-31(22)40-32;1-5-6-7-8-9-10-11-12-13-14-15-16(2,3)4;/h2*16-40H,1-15H2,(H,41,42,43);5-15H2,1-4H3;/q;;+1;+2/p-2. The molecule has 23 nitrogen and oxygen atoms in total. The van der Waals surface area contributed by atoms with E-state index in [1.807, 2.05) is 0 Å². The molecule has 18 rings (SSSR count). The van der Waals surface area contributed by atoms with Gasteiger partial charge in [-0.3, -0.25) is 85.1 Å². The molecular weight excluding hydrogens is 1410 g/mol. The van der Waals surface area contributed by atoms with Gasteiger partial charge in [0.1, 0.15) is 0 Å². The number of hydrogen-bond acceptors (Lipinski definition) is 22. The first kappa shape index (κ1) is 79.9. The Hall–Kier alpha value is -0.341. The largest absolute Gasteiger partial charge is 2.00 e. The van der Waals surface area contributed by atoms with Crippen LogP contribution in [0.4, 0.5) is 0 Å². The molecule has 0 amide bonds. The number of unbranched alkanes of at least 4 members (excludes halogenated alkanes) is 9. The maximum Gasteiger partial charge on any atom is 2.00 e. The van der Waals surface area contributed by atoms with Crippen molar-refractivity contribution in [2.75, 3.05) is 27.7 Å². The fourth-order valence-corrected chi connectivity index (χ4v) is 29.1. The number of hydrogen-bond donors (Lipinski definition) is 16. The molecular formula is C79H144CuN17O6S2+. The summed E-state index contributed by atoms with van der Waals surface area (Å²) in [6.45, 7) is 3.62. The van der Waals surface area contributed by atoms with E-state index in [1.165, 1.54) is 225 Å². The minimum Gasteiger partial charge on any atom is -0.748 e. The van der Waals surface area contributed by atoms with Gasteiger partial charge in [0.15, 0.2) is 0 Å². The normalized spacial score (nSPS) is 48.4. The summed E-state index contributed by atoms with van der Waals surface area (Å²) < 4.78 is 77.4. The molecule has 10 saturated heterocycles. The van der Waals surface area contributed by atoms with Crippen LogP contribution in [0.2, 0.25) is 0 Å². The summed E-state index contributed by atoms with van der Waals surface area (Å²) in [7, 11) is -1.95. The van der Waals surface area contributed by atoms with E-state index in [9.17, 15) is 25.9 Å². The van der Waals surface area contributed by atoms with Gasteiger partial charge in [0.05, 0.1) is 157 Å². The Morgan fingerprint density at radius 1 is 0.248 bits per heavy atom. The van der Waals surface area contributed by atoms with Crippen molar-refractivity contribution in [3.05, 3.63) is 0 Å². The van der Waals surface area contributed by atoms with Crippen LogP contribution in [0.3, 0.4) is 0 Å². The molecule has 18 aliphatic rings. The summed E-state index contributed by atoms with van der Waals surface area (Å²) >= 11 is 0. The SMILES string of the molecule is CCCCCCCCCCCC[N+](C)(C)C.O=S(=O)([O-])C1CCCC2C3NC4NC(NC5NC(NC6NC(NC(N3)C21)C1CCCCC61)C1CCCCC51)C1CCCCC41.O=S(=O)([O-])C1CCCC2C3NC4NC(NC5NC(NC6NC(NC(N3)C21)C1CCCCC61)C1CCCCC51)C1CCCCC41.[Cu+2]. The average Bonchev–Trinajstić information content (AvgIpc) is 1.61. The van der Waals surface area contributed by atoms with Gasteiger partial charge in [-0.2, -0.15) is 0 Å². The average molecular weight is 1560 g/mol. The molecule has 0 spiro atoms. The molecule has 16 N–H and O–H groups in total. The van der Waals surface area contributed by atoms with Crippen molar-refractivity contribution in [2.24, 2.45) is 94.7 Å². The number of rotatable bonds is 13. The van der Waals surface area contributed by atoms with Crippen molar-refractivity contribution in [1.82, 2.24) is 85.1 Å². The second-order valence-corrected chi connectivity index (χ2v) is 41.8. The molecule has 603 valence electrons. The van der Waals surface area contributed by atoms with Gasteiger partial charge in [-0.25, -0.2) is 16.8 Å². The van der Waals surface area contributed by atoms with E-state index in [-0.39, 0.29) is 127 Å². The maximum absolute atomic E-state index is 12.7. The first-order valence-electron chi connectivity index (χ1n) is 44.3. The van der Waals surface area contributed by atoms with Gasteiger partial charge < -0.3 is 13.6 Å². The van der Waals surface area contributed by atoms with Gasteiger partial charge >= 0.3 is 17.1 Å². The number of fused-ring (bicyclic) bond motifs is 40. The summed E-state index contributed by atoms with van der Waals surface area (Å²) in [5.41, 5.74) is 0. The molecule has 0 aromatic carbocycles. The Labute approximate surface area is 644 Å². The van der Waals surface area contributed by atoms with Gasteiger partial charge in [-0.05, 0) is 198 Å². The fraction of sp³-hybridized carbons (Fsp3) is 1.00. The third-order valence-electron chi connectivity index (χ3n) is 31.6. The molecule has 34 atom stereocenters. The van der Waals surface area contributed by atoms with Crippen molar-refractivity contribution >= 4 is 20.2 Å². The predicted molar refractivity (Wildman–Crippen MR) is 407 cm³/mol. The van der Waals surface area contributed by atoms with Crippen LogP contribution in [0.1, 0.15) is 264 Å². The van der Waals surface area contributed by atoms with Crippen molar-refractivity contribution < 1.29 is 47.5 Å². The molecule has 10 heterocycles. The van der Waals surface area contributed by atoms with E-state index in [2.05, 4.69) is 113 Å². The molecule has 0 aromatic heterocycles. The first-order valence-corrected chi connectivity index (χ1v) is 47.2. The zero-order valence-corrected chi connectivity index (χ0v) is 67.2. The summed E-state index contributed by atoms with van der Waals surface area (Å²) in [6, 6.07) is 0. The summed E-state index contributed by atoms with van der Waals surface area (Å²) in [5, 5.41) is 63.1. The first-order chi connectivity index (χ1) is 50.4. The molecule has 26 heteroatoms. The Bertz CT molecular complexity index is 2840. The second-order valence-electron chi connectivity index (χ2n) is 38.6. The molecule has 1 radical (unpaired) electrons. The smallest absolute Gasteiger partial charge is 0.748 e. The Balaban J connectivity index is 0.000000139. The molecule has 18 fully saturated rings. The van der Waals surface area contributed by atoms with Crippen LogP contribution in [0.15, 0.2) is 0 Å². The van der Waals surface area contributed by atoms with E-state index in [0.29, 0.717) is 96.2 Å². The number of nitrogens with zero attached hydrogens (tertiary/aromatic N) is 1. The van der Waals surface area contributed by atoms with Crippen LogP contribution >= 0.6 is 0 Å². The minimum absolute atomic E-state index is 0.